The maximum Gasteiger partial charge on any atom is 0.0944 e. The molecule has 1 aromatic heterocycles. The molecule has 0 radical (unpaired) electrons. The standard InChI is InChI=1S/C13H10BrNS/c1-8-6-13(8,7-15)12-4-9-2-3-10(14)5-11(9)16-12/h2-5,8H,6H2,1H3. The Bertz CT molecular complexity index is 610. The Kier molecular flexibility index (Phi) is 2.14. The Hall–Kier alpha value is -0.850. The van der Waals surface area contributed by atoms with E-state index < -0.39 is 0 Å². The fourth-order valence-electron chi connectivity index (χ4n) is 2.20. The summed E-state index contributed by atoms with van der Waals surface area (Å²) in [4.78, 5) is 1.23. The Labute approximate surface area is 107 Å². The summed E-state index contributed by atoms with van der Waals surface area (Å²) in [6, 6.07) is 11.0. The number of nitrogens with zero attached hydrogens (tertiary/aromatic N) is 1. The van der Waals surface area contributed by atoms with Gasteiger partial charge in [-0.15, -0.1) is 11.3 Å². The van der Waals surface area contributed by atoms with E-state index in [0.717, 1.165) is 10.9 Å². The monoisotopic (exact) mass is 291 g/mol. The van der Waals surface area contributed by atoms with E-state index in [9.17, 15) is 5.26 Å². The summed E-state index contributed by atoms with van der Waals surface area (Å²) < 4.78 is 2.36. The van der Waals surface area contributed by atoms with Crippen molar-refractivity contribution in [3.05, 3.63) is 33.6 Å². The van der Waals surface area contributed by atoms with E-state index in [1.54, 1.807) is 11.3 Å². The predicted molar refractivity (Wildman–Crippen MR) is 70.6 cm³/mol. The molecule has 16 heavy (non-hydrogen) atoms. The van der Waals surface area contributed by atoms with Crippen LogP contribution >= 0.6 is 27.3 Å². The second kappa shape index (κ2) is 3.32. The molecule has 0 saturated heterocycles. The number of hydrogen-bond donors (Lipinski definition) is 0. The molecule has 1 aliphatic rings. The molecule has 2 unspecified atom stereocenters. The van der Waals surface area contributed by atoms with Crippen LogP contribution in [0, 0.1) is 17.2 Å². The van der Waals surface area contributed by atoms with E-state index in [0.29, 0.717) is 5.92 Å². The van der Waals surface area contributed by atoms with Gasteiger partial charge in [-0.05, 0) is 35.9 Å². The van der Waals surface area contributed by atoms with Gasteiger partial charge in [0.25, 0.3) is 0 Å². The van der Waals surface area contributed by atoms with E-state index >= 15 is 0 Å². The molecule has 1 aliphatic carbocycles. The van der Waals surface area contributed by atoms with Gasteiger partial charge in [0.2, 0.25) is 0 Å². The van der Waals surface area contributed by atoms with Crippen LogP contribution in [0.3, 0.4) is 0 Å². The van der Waals surface area contributed by atoms with Gasteiger partial charge in [0, 0.05) is 14.0 Å². The lowest BCUT2D eigenvalue weighted by atomic mass is 10.0. The number of hydrogen-bond acceptors (Lipinski definition) is 2. The van der Waals surface area contributed by atoms with Gasteiger partial charge in [-0.25, -0.2) is 0 Å². The Morgan fingerprint density at radius 3 is 2.88 bits per heavy atom. The van der Waals surface area contributed by atoms with Crippen LogP contribution < -0.4 is 0 Å². The summed E-state index contributed by atoms with van der Waals surface area (Å²) in [6.07, 6.45) is 1.01. The van der Waals surface area contributed by atoms with Gasteiger partial charge in [-0.3, -0.25) is 0 Å². The average molecular weight is 292 g/mol. The van der Waals surface area contributed by atoms with E-state index in [1.165, 1.54) is 15.0 Å². The molecule has 1 heterocycles. The van der Waals surface area contributed by atoms with Crippen LogP contribution in [0.2, 0.25) is 0 Å². The summed E-state index contributed by atoms with van der Waals surface area (Å²) in [5.74, 6) is 0.508. The second-order valence-corrected chi connectivity index (χ2v) is 6.48. The van der Waals surface area contributed by atoms with Gasteiger partial charge in [-0.2, -0.15) is 5.26 Å². The summed E-state index contributed by atoms with van der Waals surface area (Å²) in [5, 5.41) is 10.6. The Balaban J connectivity index is 2.17. The molecule has 3 rings (SSSR count). The van der Waals surface area contributed by atoms with Crippen molar-refractivity contribution in [2.75, 3.05) is 0 Å². The van der Waals surface area contributed by atoms with Crippen molar-refractivity contribution in [2.45, 2.75) is 18.8 Å². The lowest BCUT2D eigenvalue weighted by Crippen LogP contribution is -2.02. The zero-order chi connectivity index (χ0) is 11.3. The summed E-state index contributed by atoms with van der Waals surface area (Å²) in [7, 11) is 0. The highest BCUT2D eigenvalue weighted by atomic mass is 79.9. The minimum atomic E-state index is -0.184. The minimum absolute atomic E-state index is 0.184. The van der Waals surface area contributed by atoms with Gasteiger partial charge in [0.05, 0.1) is 11.5 Å². The molecule has 0 bridgehead atoms. The third-order valence-electron chi connectivity index (χ3n) is 3.43. The quantitative estimate of drug-likeness (QED) is 0.761. The minimum Gasteiger partial charge on any atom is -0.197 e. The molecule has 0 aliphatic heterocycles. The van der Waals surface area contributed by atoms with Crippen LogP contribution in [-0.2, 0) is 5.41 Å². The second-order valence-electron chi connectivity index (χ2n) is 4.48. The third kappa shape index (κ3) is 1.33. The first-order valence-electron chi connectivity index (χ1n) is 5.26. The molecule has 80 valence electrons. The normalized spacial score (nSPS) is 27.9. The largest absolute Gasteiger partial charge is 0.197 e. The van der Waals surface area contributed by atoms with Crippen molar-refractivity contribution in [1.82, 2.24) is 0 Å². The molecule has 1 aromatic carbocycles. The first-order valence-corrected chi connectivity index (χ1v) is 6.87. The fourth-order valence-corrected chi connectivity index (χ4v) is 4.08. The van der Waals surface area contributed by atoms with Crippen molar-refractivity contribution in [3.8, 4) is 6.07 Å². The highest BCUT2D eigenvalue weighted by Gasteiger charge is 2.54. The topological polar surface area (TPSA) is 23.8 Å². The number of rotatable bonds is 1. The zero-order valence-corrected chi connectivity index (χ0v) is 11.2. The van der Waals surface area contributed by atoms with Crippen LogP contribution in [-0.4, -0.2) is 0 Å². The summed E-state index contributed by atoms with van der Waals surface area (Å²) in [5.41, 5.74) is -0.184. The Morgan fingerprint density at radius 2 is 2.25 bits per heavy atom. The first kappa shape index (κ1) is 10.3. The third-order valence-corrected chi connectivity index (χ3v) is 5.20. The Morgan fingerprint density at radius 1 is 1.50 bits per heavy atom. The van der Waals surface area contributed by atoms with Crippen molar-refractivity contribution in [1.29, 1.82) is 5.26 Å². The van der Waals surface area contributed by atoms with Crippen LogP contribution in [0.25, 0.3) is 10.1 Å². The maximum atomic E-state index is 9.31. The lowest BCUT2D eigenvalue weighted by molar-refractivity contribution is 0.808. The highest BCUT2D eigenvalue weighted by Crippen LogP contribution is 2.56. The molecule has 1 fully saturated rings. The van der Waals surface area contributed by atoms with Gasteiger partial charge in [-0.1, -0.05) is 28.9 Å². The fraction of sp³-hybridized carbons (Fsp3) is 0.308. The van der Waals surface area contributed by atoms with Crippen LogP contribution in [0.15, 0.2) is 28.7 Å². The number of thiophene rings is 1. The summed E-state index contributed by atoms with van der Waals surface area (Å²) in [6.45, 7) is 2.16. The van der Waals surface area contributed by atoms with E-state index in [2.05, 4.69) is 47.1 Å². The van der Waals surface area contributed by atoms with Crippen LogP contribution in [0.5, 0.6) is 0 Å². The van der Waals surface area contributed by atoms with Crippen LogP contribution in [0.4, 0.5) is 0 Å². The number of nitriles is 1. The molecule has 2 atom stereocenters. The maximum absolute atomic E-state index is 9.31. The first-order chi connectivity index (χ1) is 7.65. The van der Waals surface area contributed by atoms with Gasteiger partial charge >= 0.3 is 0 Å². The molecule has 1 saturated carbocycles. The van der Waals surface area contributed by atoms with Crippen molar-refractivity contribution < 1.29 is 0 Å². The molecular weight excluding hydrogens is 282 g/mol. The molecule has 0 spiro atoms. The molecule has 0 amide bonds. The average Bonchev–Trinajstić information content (AvgIpc) is 2.75. The smallest absolute Gasteiger partial charge is 0.0944 e. The van der Waals surface area contributed by atoms with E-state index in [-0.39, 0.29) is 5.41 Å². The number of halogens is 1. The molecule has 1 nitrogen and oxygen atoms in total. The SMILES string of the molecule is CC1CC1(C#N)c1cc2ccc(Br)cc2s1. The predicted octanol–water partition coefficient (Wildman–Crippen LogP) is 4.46. The van der Waals surface area contributed by atoms with Gasteiger partial charge in [0.1, 0.15) is 0 Å². The highest BCUT2D eigenvalue weighted by molar-refractivity contribution is 9.10. The van der Waals surface area contributed by atoms with E-state index in [1.807, 2.05) is 6.07 Å². The van der Waals surface area contributed by atoms with Crippen molar-refractivity contribution in [2.24, 2.45) is 5.92 Å². The lowest BCUT2D eigenvalue weighted by Gasteiger charge is -2.01. The number of fused-ring (bicyclic) bond motifs is 1. The summed E-state index contributed by atoms with van der Waals surface area (Å²) >= 11 is 5.24. The van der Waals surface area contributed by atoms with Crippen molar-refractivity contribution in [3.63, 3.8) is 0 Å². The molecular formula is C13H10BrNS. The van der Waals surface area contributed by atoms with Crippen LogP contribution in [0.1, 0.15) is 18.2 Å². The van der Waals surface area contributed by atoms with Crippen molar-refractivity contribution >= 4 is 37.4 Å². The molecule has 2 aromatic rings. The van der Waals surface area contributed by atoms with E-state index in [4.69, 9.17) is 0 Å². The zero-order valence-electron chi connectivity index (χ0n) is 8.83. The van der Waals surface area contributed by atoms with Gasteiger partial charge < -0.3 is 0 Å². The van der Waals surface area contributed by atoms with Gasteiger partial charge in [0.15, 0.2) is 0 Å². The molecule has 3 heteroatoms. The number of benzene rings is 1. The molecule has 0 N–H and O–H groups in total.